The first-order valence-electron chi connectivity index (χ1n) is 4.13. The van der Waals surface area contributed by atoms with Gasteiger partial charge in [0, 0.05) is 10.9 Å². The number of ether oxygens (including phenoxy) is 2. The summed E-state index contributed by atoms with van der Waals surface area (Å²) in [6.45, 7) is -0.326. The van der Waals surface area contributed by atoms with E-state index in [0.29, 0.717) is 12.2 Å². The first-order chi connectivity index (χ1) is 6.77. The van der Waals surface area contributed by atoms with Gasteiger partial charge in [0.25, 0.3) is 0 Å². The zero-order chi connectivity index (χ0) is 10.4. The van der Waals surface area contributed by atoms with Crippen molar-refractivity contribution in [3.8, 4) is 0 Å². The predicted molar refractivity (Wildman–Crippen MR) is 49.3 cm³/mol. The van der Waals surface area contributed by atoms with Gasteiger partial charge in [-0.05, 0) is 18.0 Å². The van der Waals surface area contributed by atoms with E-state index < -0.39 is 12.1 Å². The lowest BCUT2D eigenvalue weighted by molar-refractivity contribution is -0.0274. The number of aliphatic hydroxyl groups excluding tert-OH is 1. The van der Waals surface area contributed by atoms with Crippen molar-refractivity contribution in [3.05, 3.63) is 22.3 Å². The second kappa shape index (κ2) is 5.54. The SMILES string of the molecule is [B]C1CC=C(OCN=[N+]=[N-])[C@@H](CO)O1. The normalized spacial score (nSPS) is 26.2. The molecular formula is C7H10BN3O3. The minimum absolute atomic E-state index is 0.114. The van der Waals surface area contributed by atoms with Crippen molar-refractivity contribution in [2.75, 3.05) is 13.3 Å². The van der Waals surface area contributed by atoms with Crippen LogP contribution in [0.3, 0.4) is 0 Å². The number of nitrogens with zero attached hydrogens (tertiary/aromatic N) is 3. The van der Waals surface area contributed by atoms with Crippen molar-refractivity contribution in [2.24, 2.45) is 5.11 Å². The Kier molecular flexibility index (Phi) is 4.32. The minimum atomic E-state index is -0.562. The summed E-state index contributed by atoms with van der Waals surface area (Å²) in [5, 5.41) is 12.1. The molecule has 74 valence electrons. The van der Waals surface area contributed by atoms with Crippen LogP contribution in [-0.4, -0.2) is 38.4 Å². The highest BCUT2D eigenvalue weighted by Gasteiger charge is 2.22. The third-order valence-corrected chi connectivity index (χ3v) is 1.73. The molecule has 1 aliphatic rings. The highest BCUT2D eigenvalue weighted by molar-refractivity contribution is 6.11. The van der Waals surface area contributed by atoms with E-state index in [1.54, 1.807) is 6.08 Å². The molecule has 0 saturated carbocycles. The van der Waals surface area contributed by atoms with Crippen LogP contribution in [0.2, 0.25) is 0 Å². The van der Waals surface area contributed by atoms with E-state index >= 15 is 0 Å². The molecule has 0 amide bonds. The summed E-state index contributed by atoms with van der Waals surface area (Å²) in [5.41, 5.74) is 8.02. The molecule has 1 N–H and O–H groups in total. The van der Waals surface area contributed by atoms with Crippen molar-refractivity contribution in [2.45, 2.75) is 18.5 Å². The van der Waals surface area contributed by atoms with Crippen molar-refractivity contribution in [1.82, 2.24) is 0 Å². The maximum Gasteiger partial charge on any atom is 0.167 e. The van der Waals surface area contributed by atoms with Gasteiger partial charge in [-0.2, -0.15) is 0 Å². The Morgan fingerprint density at radius 1 is 1.86 bits per heavy atom. The van der Waals surface area contributed by atoms with Crippen LogP contribution >= 0.6 is 0 Å². The topological polar surface area (TPSA) is 87.5 Å². The monoisotopic (exact) mass is 195 g/mol. The molecule has 0 fully saturated rings. The summed E-state index contributed by atoms with van der Waals surface area (Å²) < 4.78 is 10.3. The Labute approximate surface area is 82.5 Å². The van der Waals surface area contributed by atoms with E-state index in [0.717, 1.165) is 0 Å². The average molecular weight is 195 g/mol. The van der Waals surface area contributed by atoms with Crippen LogP contribution in [-0.2, 0) is 9.47 Å². The van der Waals surface area contributed by atoms with Gasteiger partial charge in [-0.3, -0.25) is 0 Å². The van der Waals surface area contributed by atoms with Crippen LogP contribution in [0.4, 0.5) is 0 Å². The van der Waals surface area contributed by atoms with Gasteiger partial charge in [0.1, 0.15) is 19.7 Å². The van der Waals surface area contributed by atoms with Gasteiger partial charge in [-0.15, -0.1) is 0 Å². The molecular weight excluding hydrogens is 185 g/mol. The molecule has 0 bridgehead atoms. The lowest BCUT2D eigenvalue weighted by Crippen LogP contribution is -2.31. The molecule has 0 aromatic rings. The third-order valence-electron chi connectivity index (χ3n) is 1.73. The molecule has 0 aromatic heterocycles. The summed E-state index contributed by atoms with van der Waals surface area (Å²) in [7, 11) is 5.50. The lowest BCUT2D eigenvalue weighted by atomic mass is 9.93. The largest absolute Gasteiger partial charge is 0.489 e. The van der Waals surface area contributed by atoms with Crippen molar-refractivity contribution in [3.63, 3.8) is 0 Å². The fourth-order valence-electron chi connectivity index (χ4n) is 1.11. The fraction of sp³-hybridized carbons (Fsp3) is 0.714. The van der Waals surface area contributed by atoms with Crippen LogP contribution in [0.1, 0.15) is 6.42 Å². The third kappa shape index (κ3) is 2.95. The summed E-state index contributed by atoms with van der Waals surface area (Å²) in [5.74, 6) is 0.460. The van der Waals surface area contributed by atoms with Crippen LogP contribution in [0.15, 0.2) is 16.9 Å². The molecule has 6 nitrogen and oxygen atoms in total. The molecule has 2 atom stereocenters. The van der Waals surface area contributed by atoms with Crippen molar-refractivity contribution >= 4 is 7.85 Å². The standard InChI is InChI=1S/C7H10BN3O3/c8-7-2-1-5(6(3-12)14-7)13-4-10-11-9/h1,6-7,12H,2-4H2/t6-,7?/m1/s1. The summed E-state index contributed by atoms with van der Waals surface area (Å²) in [6, 6.07) is -0.418. The van der Waals surface area contributed by atoms with Gasteiger partial charge in [0.15, 0.2) is 6.73 Å². The van der Waals surface area contributed by atoms with E-state index in [-0.39, 0.29) is 13.3 Å². The van der Waals surface area contributed by atoms with Gasteiger partial charge in [0.05, 0.1) is 6.61 Å². The van der Waals surface area contributed by atoms with E-state index in [9.17, 15) is 0 Å². The second-order valence-corrected chi connectivity index (χ2v) is 2.69. The Balaban J connectivity index is 2.51. The number of rotatable bonds is 4. The Morgan fingerprint density at radius 3 is 3.29 bits per heavy atom. The molecule has 1 rings (SSSR count). The predicted octanol–water partition coefficient (Wildman–Crippen LogP) is 0.430. The molecule has 7 heteroatoms. The molecule has 1 heterocycles. The van der Waals surface area contributed by atoms with Gasteiger partial charge in [0.2, 0.25) is 0 Å². The number of aliphatic hydroxyl groups is 1. The zero-order valence-corrected chi connectivity index (χ0v) is 7.54. The van der Waals surface area contributed by atoms with Gasteiger partial charge in [-0.1, -0.05) is 5.11 Å². The molecule has 0 saturated heterocycles. The number of hydrogen-bond donors (Lipinski definition) is 1. The zero-order valence-electron chi connectivity index (χ0n) is 7.54. The first-order valence-corrected chi connectivity index (χ1v) is 4.13. The fourth-order valence-corrected chi connectivity index (χ4v) is 1.11. The van der Waals surface area contributed by atoms with Crippen molar-refractivity contribution < 1.29 is 14.6 Å². The van der Waals surface area contributed by atoms with Gasteiger partial charge >= 0.3 is 0 Å². The van der Waals surface area contributed by atoms with E-state index in [1.807, 2.05) is 0 Å². The van der Waals surface area contributed by atoms with Gasteiger partial charge < -0.3 is 14.6 Å². The summed E-state index contributed by atoms with van der Waals surface area (Å²) in [4.78, 5) is 2.53. The maximum absolute atomic E-state index is 8.93. The molecule has 0 aromatic carbocycles. The smallest absolute Gasteiger partial charge is 0.167 e. The minimum Gasteiger partial charge on any atom is -0.489 e. The molecule has 1 aliphatic heterocycles. The first kappa shape index (κ1) is 10.9. The van der Waals surface area contributed by atoms with Gasteiger partial charge in [-0.25, -0.2) is 0 Å². The molecule has 0 aliphatic carbocycles. The van der Waals surface area contributed by atoms with Crippen LogP contribution in [0, 0.1) is 0 Å². The second-order valence-electron chi connectivity index (χ2n) is 2.69. The van der Waals surface area contributed by atoms with Crippen molar-refractivity contribution in [1.29, 1.82) is 0 Å². The quantitative estimate of drug-likeness (QED) is 0.305. The Hall–Kier alpha value is -1.17. The molecule has 0 spiro atoms. The van der Waals surface area contributed by atoms with Crippen LogP contribution in [0.25, 0.3) is 10.4 Å². The number of hydrogen-bond acceptors (Lipinski definition) is 4. The Morgan fingerprint density at radius 2 is 2.64 bits per heavy atom. The molecule has 14 heavy (non-hydrogen) atoms. The Bertz CT molecular complexity index is 265. The van der Waals surface area contributed by atoms with Crippen LogP contribution in [0.5, 0.6) is 0 Å². The summed E-state index contributed by atoms with van der Waals surface area (Å²) >= 11 is 0. The highest BCUT2D eigenvalue weighted by Crippen LogP contribution is 2.18. The highest BCUT2D eigenvalue weighted by atomic mass is 16.6. The van der Waals surface area contributed by atoms with E-state index in [4.69, 9.17) is 28.0 Å². The molecule has 1 unspecified atom stereocenters. The van der Waals surface area contributed by atoms with Crippen LogP contribution < -0.4 is 0 Å². The number of azide groups is 1. The maximum atomic E-state index is 8.93. The summed E-state index contributed by atoms with van der Waals surface area (Å²) in [6.07, 6.45) is 1.68. The van der Waals surface area contributed by atoms with E-state index in [2.05, 4.69) is 10.0 Å². The average Bonchev–Trinajstić information content (AvgIpc) is 2.20. The molecule has 2 radical (unpaired) electrons. The lowest BCUT2D eigenvalue weighted by Gasteiger charge is -2.27. The van der Waals surface area contributed by atoms with E-state index in [1.165, 1.54) is 0 Å².